The molecule has 1 atom stereocenters. The molecule has 0 saturated heterocycles. The molecule has 1 unspecified atom stereocenters. The number of carbonyl (C=O) groups excluding carboxylic acids is 2. The molecule has 138 valence electrons. The Bertz CT molecular complexity index is 789. The van der Waals surface area contributed by atoms with Gasteiger partial charge in [-0.05, 0) is 36.6 Å². The summed E-state index contributed by atoms with van der Waals surface area (Å²) in [6.07, 6.45) is 0.0376. The predicted molar refractivity (Wildman–Crippen MR) is 96.2 cm³/mol. The number of benzene rings is 2. The first-order chi connectivity index (χ1) is 12.5. The zero-order valence-electron chi connectivity index (χ0n) is 14.7. The van der Waals surface area contributed by atoms with Gasteiger partial charge in [0.1, 0.15) is 18.1 Å². The predicted octanol–water partition coefficient (Wildman–Crippen LogP) is 3.03. The Hall–Kier alpha value is -3.06. The Balaban J connectivity index is 1.97. The third kappa shape index (κ3) is 5.49. The second kappa shape index (κ2) is 9.43. The molecule has 0 saturated carbocycles. The molecule has 26 heavy (non-hydrogen) atoms. The Labute approximate surface area is 151 Å². The van der Waals surface area contributed by atoms with E-state index in [1.165, 1.54) is 0 Å². The van der Waals surface area contributed by atoms with Crippen molar-refractivity contribution in [2.75, 3.05) is 20.3 Å². The molecular weight excluding hydrogens is 338 g/mol. The summed E-state index contributed by atoms with van der Waals surface area (Å²) >= 11 is 0. The number of ether oxygens (including phenoxy) is 4. The van der Waals surface area contributed by atoms with Crippen LogP contribution in [0.15, 0.2) is 49.1 Å². The van der Waals surface area contributed by atoms with Crippen molar-refractivity contribution in [2.24, 2.45) is 0 Å². The van der Waals surface area contributed by atoms with E-state index in [9.17, 15) is 9.59 Å². The number of amides is 1. The molecule has 0 bridgehead atoms. The van der Waals surface area contributed by atoms with Gasteiger partial charge in [0.05, 0.1) is 6.54 Å². The molecule has 0 aromatic heterocycles. The fraction of sp³-hybridized carbons (Fsp3) is 0.263. The molecule has 2 aromatic rings. The first kappa shape index (κ1) is 19.3. The minimum absolute atomic E-state index is 0.0378. The Kier molecular flexibility index (Phi) is 6.99. The summed E-state index contributed by atoms with van der Waals surface area (Å²) in [5.74, 6) is 0.516. The van der Waals surface area contributed by atoms with E-state index >= 15 is 0 Å². The Morgan fingerprint density at radius 1 is 1.27 bits per heavy atom. The van der Waals surface area contributed by atoms with Gasteiger partial charge in [-0.2, -0.15) is 0 Å². The lowest BCUT2D eigenvalue weighted by Gasteiger charge is -2.15. The number of fused-ring (bicyclic) bond motifs is 1. The number of hydrogen-bond donors (Lipinski definition) is 1. The van der Waals surface area contributed by atoms with Crippen LogP contribution in [-0.4, -0.2) is 38.6 Å². The van der Waals surface area contributed by atoms with Gasteiger partial charge in [0.25, 0.3) is 0 Å². The minimum atomic E-state index is -0.639. The summed E-state index contributed by atoms with van der Waals surface area (Å²) in [6.45, 7) is 5.25. The lowest BCUT2D eigenvalue weighted by Crippen LogP contribution is -2.30. The molecule has 0 radical (unpaired) electrons. The smallest absolute Gasteiger partial charge is 0.412 e. The zero-order valence-corrected chi connectivity index (χ0v) is 14.7. The van der Waals surface area contributed by atoms with Gasteiger partial charge < -0.3 is 24.3 Å². The summed E-state index contributed by atoms with van der Waals surface area (Å²) < 4.78 is 20.8. The Morgan fingerprint density at radius 3 is 2.81 bits per heavy atom. The topological polar surface area (TPSA) is 83.1 Å². The number of hydrogen-bond acceptors (Lipinski definition) is 6. The van der Waals surface area contributed by atoms with Crippen LogP contribution >= 0.6 is 0 Å². The number of methoxy groups -OCH3 is 1. The summed E-state index contributed by atoms with van der Waals surface area (Å²) in [7, 11) is 1.57. The van der Waals surface area contributed by atoms with Crippen molar-refractivity contribution in [1.82, 2.24) is 5.32 Å². The number of nitrogens with one attached hydrogen (secondary N) is 1. The molecule has 0 aliphatic rings. The van der Waals surface area contributed by atoms with Crippen LogP contribution in [0, 0.1) is 0 Å². The quantitative estimate of drug-likeness (QED) is 0.338. The van der Waals surface area contributed by atoms with Gasteiger partial charge in [-0.25, -0.2) is 9.59 Å². The molecule has 1 N–H and O–H groups in total. The largest absolute Gasteiger partial charge is 0.465 e. The van der Waals surface area contributed by atoms with E-state index in [1.807, 2.05) is 24.3 Å². The summed E-state index contributed by atoms with van der Waals surface area (Å²) in [5.41, 5.74) is 0. The third-order valence-electron chi connectivity index (χ3n) is 3.43. The molecule has 7 heteroatoms. The van der Waals surface area contributed by atoms with Crippen molar-refractivity contribution in [2.45, 2.75) is 13.2 Å². The molecule has 7 nitrogen and oxygen atoms in total. The first-order valence-corrected chi connectivity index (χ1v) is 8.00. The first-order valence-electron chi connectivity index (χ1n) is 8.00. The van der Waals surface area contributed by atoms with Crippen LogP contribution in [-0.2, 0) is 14.3 Å². The highest BCUT2D eigenvalue weighted by molar-refractivity contribution is 5.90. The fourth-order valence-corrected chi connectivity index (χ4v) is 2.13. The van der Waals surface area contributed by atoms with Crippen molar-refractivity contribution in [3.63, 3.8) is 0 Å². The second-order valence-electron chi connectivity index (χ2n) is 5.25. The van der Waals surface area contributed by atoms with Crippen LogP contribution in [0.25, 0.3) is 10.8 Å². The molecule has 2 aromatic carbocycles. The number of carbonyl (C=O) groups is 2. The highest BCUT2D eigenvalue weighted by Gasteiger charge is 2.09. The van der Waals surface area contributed by atoms with E-state index in [-0.39, 0.29) is 19.4 Å². The van der Waals surface area contributed by atoms with E-state index in [0.717, 1.165) is 16.8 Å². The van der Waals surface area contributed by atoms with Crippen molar-refractivity contribution < 1.29 is 28.5 Å². The van der Waals surface area contributed by atoms with E-state index in [4.69, 9.17) is 18.9 Å². The van der Waals surface area contributed by atoms with E-state index in [0.29, 0.717) is 11.5 Å². The third-order valence-corrected chi connectivity index (χ3v) is 3.43. The van der Waals surface area contributed by atoms with Crippen molar-refractivity contribution >= 4 is 22.8 Å². The van der Waals surface area contributed by atoms with E-state index in [2.05, 4.69) is 11.9 Å². The summed E-state index contributed by atoms with van der Waals surface area (Å²) in [6, 6.07) is 10.8. The SMILES string of the molecule is C=CC(=O)OCCNC(=O)Oc1ccc2c(OC(C)OC)cccc2c1. The molecule has 0 spiro atoms. The van der Waals surface area contributed by atoms with Gasteiger partial charge >= 0.3 is 12.1 Å². The van der Waals surface area contributed by atoms with Crippen LogP contribution in [0.5, 0.6) is 11.5 Å². The average Bonchev–Trinajstić information content (AvgIpc) is 2.64. The minimum Gasteiger partial charge on any atom is -0.465 e. The standard InChI is InChI=1S/C19H21NO6/c1-4-18(21)24-11-10-20-19(22)26-15-8-9-16-14(12-15)6-5-7-17(16)25-13(2)23-3/h4-9,12-13H,1,10-11H2,2-3H3,(H,20,22). The lowest BCUT2D eigenvalue weighted by atomic mass is 10.1. The van der Waals surface area contributed by atoms with Gasteiger partial charge in [-0.1, -0.05) is 18.7 Å². The molecule has 0 aliphatic carbocycles. The normalized spacial score (nSPS) is 11.5. The molecule has 0 heterocycles. The maximum Gasteiger partial charge on any atom is 0.412 e. The van der Waals surface area contributed by atoms with Crippen molar-refractivity contribution in [1.29, 1.82) is 0 Å². The molecule has 2 rings (SSSR count). The fourth-order valence-electron chi connectivity index (χ4n) is 2.13. The summed E-state index contributed by atoms with van der Waals surface area (Å²) in [5, 5.41) is 4.22. The monoisotopic (exact) mass is 359 g/mol. The number of esters is 1. The maximum absolute atomic E-state index is 11.8. The van der Waals surface area contributed by atoms with Gasteiger partial charge in [0.2, 0.25) is 0 Å². The van der Waals surface area contributed by atoms with Gasteiger partial charge in [-0.3, -0.25) is 0 Å². The molecule has 1 amide bonds. The molecule has 0 fully saturated rings. The van der Waals surface area contributed by atoms with Crippen LogP contribution in [0.2, 0.25) is 0 Å². The highest BCUT2D eigenvalue weighted by atomic mass is 16.7. The molecule has 0 aliphatic heterocycles. The van der Waals surface area contributed by atoms with Gasteiger partial charge in [-0.15, -0.1) is 0 Å². The van der Waals surface area contributed by atoms with Crippen LogP contribution in [0.1, 0.15) is 6.92 Å². The van der Waals surface area contributed by atoms with Crippen LogP contribution < -0.4 is 14.8 Å². The van der Waals surface area contributed by atoms with Crippen LogP contribution in [0.4, 0.5) is 4.79 Å². The van der Waals surface area contributed by atoms with E-state index < -0.39 is 12.1 Å². The zero-order chi connectivity index (χ0) is 18.9. The molecular formula is C19H21NO6. The van der Waals surface area contributed by atoms with Crippen molar-refractivity contribution in [3.05, 3.63) is 49.1 Å². The highest BCUT2D eigenvalue weighted by Crippen LogP contribution is 2.29. The maximum atomic E-state index is 11.8. The lowest BCUT2D eigenvalue weighted by molar-refractivity contribution is -0.137. The average molecular weight is 359 g/mol. The van der Waals surface area contributed by atoms with Crippen molar-refractivity contribution in [3.8, 4) is 11.5 Å². The summed E-state index contributed by atoms with van der Waals surface area (Å²) in [4.78, 5) is 22.7. The van der Waals surface area contributed by atoms with Crippen LogP contribution in [0.3, 0.4) is 0 Å². The second-order valence-corrected chi connectivity index (χ2v) is 5.25. The Morgan fingerprint density at radius 2 is 2.08 bits per heavy atom. The van der Waals surface area contributed by atoms with Gasteiger partial charge in [0, 0.05) is 18.6 Å². The van der Waals surface area contributed by atoms with E-state index in [1.54, 1.807) is 26.2 Å². The number of rotatable bonds is 8. The van der Waals surface area contributed by atoms with Gasteiger partial charge in [0.15, 0.2) is 6.29 Å².